The number of hydrogen-bond donors (Lipinski definition) is 1. The van der Waals surface area contributed by atoms with Crippen LogP contribution in [0.4, 0.5) is 0 Å². The maximum absolute atomic E-state index is 6.27. The molecule has 1 aliphatic rings. The second kappa shape index (κ2) is 6.01. The molecule has 1 aromatic heterocycles. The maximum atomic E-state index is 6.27. The van der Waals surface area contributed by atoms with Crippen molar-refractivity contribution in [2.75, 3.05) is 0 Å². The zero-order valence-corrected chi connectivity index (χ0v) is 12.1. The molecule has 0 aromatic carbocycles. The van der Waals surface area contributed by atoms with Crippen LogP contribution in [0.1, 0.15) is 56.7 Å². The average Bonchev–Trinajstić information content (AvgIpc) is 2.67. The molecule has 1 aliphatic carbocycles. The van der Waals surface area contributed by atoms with Crippen LogP contribution in [-0.4, -0.2) is 9.78 Å². The van der Waals surface area contributed by atoms with E-state index in [1.165, 1.54) is 38.5 Å². The maximum Gasteiger partial charge on any atom is 0.0690 e. The summed E-state index contributed by atoms with van der Waals surface area (Å²) in [5.74, 6) is 0.904. The van der Waals surface area contributed by atoms with Gasteiger partial charge in [0.25, 0.3) is 0 Å². The van der Waals surface area contributed by atoms with Gasteiger partial charge in [0.2, 0.25) is 0 Å². The summed E-state index contributed by atoms with van der Waals surface area (Å²) in [6, 6.07) is 0.110. The van der Waals surface area contributed by atoms with Crippen LogP contribution >= 0.6 is 15.9 Å². The highest BCUT2D eigenvalue weighted by Crippen LogP contribution is 2.31. The van der Waals surface area contributed by atoms with E-state index in [-0.39, 0.29) is 6.04 Å². The van der Waals surface area contributed by atoms with Gasteiger partial charge >= 0.3 is 0 Å². The van der Waals surface area contributed by atoms with Gasteiger partial charge in [0.1, 0.15) is 0 Å². The highest BCUT2D eigenvalue weighted by molar-refractivity contribution is 9.10. The summed E-state index contributed by atoms with van der Waals surface area (Å²) in [5.41, 5.74) is 7.39. The molecule has 1 unspecified atom stereocenters. The zero-order valence-electron chi connectivity index (χ0n) is 10.5. The predicted molar refractivity (Wildman–Crippen MR) is 73.6 cm³/mol. The topological polar surface area (TPSA) is 43.8 Å². The summed E-state index contributed by atoms with van der Waals surface area (Å²) in [6.07, 6.45) is 11.2. The lowest BCUT2D eigenvalue weighted by Crippen LogP contribution is -2.17. The van der Waals surface area contributed by atoms with Crippen molar-refractivity contribution in [2.45, 2.75) is 51.0 Å². The molecule has 0 bridgehead atoms. The number of nitrogens with two attached hydrogens (primary N) is 1. The number of halogens is 1. The van der Waals surface area contributed by atoms with E-state index in [0.29, 0.717) is 0 Å². The lowest BCUT2D eigenvalue weighted by molar-refractivity contribution is 0.322. The Morgan fingerprint density at radius 3 is 2.76 bits per heavy atom. The van der Waals surface area contributed by atoms with Crippen molar-refractivity contribution in [1.29, 1.82) is 0 Å². The van der Waals surface area contributed by atoms with Crippen molar-refractivity contribution < 1.29 is 0 Å². The first-order valence-electron chi connectivity index (χ1n) is 6.61. The number of aryl methyl sites for hydroxylation is 1. The Kier molecular flexibility index (Phi) is 4.62. The Morgan fingerprint density at radius 2 is 2.18 bits per heavy atom. The third-order valence-electron chi connectivity index (χ3n) is 3.90. The highest BCUT2D eigenvalue weighted by Gasteiger charge is 2.18. The largest absolute Gasteiger partial charge is 0.323 e. The van der Waals surface area contributed by atoms with Gasteiger partial charge in [-0.2, -0.15) is 5.10 Å². The van der Waals surface area contributed by atoms with Gasteiger partial charge in [0, 0.05) is 13.1 Å². The first-order valence-corrected chi connectivity index (χ1v) is 7.40. The standard InChI is InChI=1S/C13H22BrN3/c1-17-13(11(14)9-16-17)12(15)8-7-10-5-3-2-4-6-10/h9-10,12H,2-8,15H2,1H3. The highest BCUT2D eigenvalue weighted by atomic mass is 79.9. The summed E-state index contributed by atoms with van der Waals surface area (Å²) in [4.78, 5) is 0. The van der Waals surface area contributed by atoms with Gasteiger partial charge in [-0.25, -0.2) is 0 Å². The first-order chi connectivity index (χ1) is 8.18. The van der Waals surface area contributed by atoms with Gasteiger partial charge in [-0.05, 0) is 34.7 Å². The second-order valence-electron chi connectivity index (χ2n) is 5.19. The first kappa shape index (κ1) is 13.1. The summed E-state index contributed by atoms with van der Waals surface area (Å²) in [7, 11) is 1.96. The smallest absolute Gasteiger partial charge is 0.0690 e. The van der Waals surface area contributed by atoms with Gasteiger partial charge in [-0.3, -0.25) is 4.68 Å². The Labute approximate surface area is 112 Å². The minimum Gasteiger partial charge on any atom is -0.323 e. The lowest BCUT2D eigenvalue weighted by Gasteiger charge is -2.23. The Morgan fingerprint density at radius 1 is 1.47 bits per heavy atom. The summed E-state index contributed by atoms with van der Waals surface area (Å²) in [6.45, 7) is 0. The van der Waals surface area contributed by atoms with Gasteiger partial charge in [0.15, 0.2) is 0 Å². The fourth-order valence-corrected chi connectivity index (χ4v) is 3.51. The number of aromatic nitrogens is 2. The predicted octanol–water partition coefficient (Wildman–Crippen LogP) is 3.54. The fraction of sp³-hybridized carbons (Fsp3) is 0.769. The SMILES string of the molecule is Cn1ncc(Br)c1C(N)CCC1CCCCC1. The molecular formula is C13H22BrN3. The van der Waals surface area contributed by atoms with Crippen LogP contribution in [0.2, 0.25) is 0 Å². The van der Waals surface area contributed by atoms with Crippen molar-refractivity contribution in [3.05, 3.63) is 16.4 Å². The molecular weight excluding hydrogens is 278 g/mol. The molecule has 17 heavy (non-hydrogen) atoms. The molecule has 0 aliphatic heterocycles. The quantitative estimate of drug-likeness (QED) is 0.924. The van der Waals surface area contributed by atoms with E-state index in [2.05, 4.69) is 21.0 Å². The molecule has 1 aromatic rings. The number of rotatable bonds is 4. The van der Waals surface area contributed by atoms with Crippen LogP contribution in [0.5, 0.6) is 0 Å². The van der Waals surface area contributed by atoms with Gasteiger partial charge in [-0.1, -0.05) is 32.1 Å². The fourth-order valence-electron chi connectivity index (χ4n) is 2.87. The Hall–Kier alpha value is -0.350. The van der Waals surface area contributed by atoms with Crippen LogP contribution in [0.15, 0.2) is 10.7 Å². The van der Waals surface area contributed by atoms with Crippen LogP contribution in [0.3, 0.4) is 0 Å². The molecule has 1 atom stereocenters. The van der Waals surface area contributed by atoms with Gasteiger partial charge in [0.05, 0.1) is 16.4 Å². The molecule has 0 amide bonds. The van der Waals surface area contributed by atoms with E-state index < -0.39 is 0 Å². The monoisotopic (exact) mass is 299 g/mol. The molecule has 3 nitrogen and oxygen atoms in total. The molecule has 1 heterocycles. The minimum absolute atomic E-state index is 0.110. The van der Waals surface area contributed by atoms with E-state index in [4.69, 9.17) is 5.73 Å². The van der Waals surface area contributed by atoms with E-state index >= 15 is 0 Å². The molecule has 2 rings (SSSR count). The molecule has 4 heteroatoms. The summed E-state index contributed by atoms with van der Waals surface area (Å²) in [5, 5.41) is 4.22. The summed E-state index contributed by atoms with van der Waals surface area (Å²) >= 11 is 3.52. The molecule has 0 radical (unpaired) electrons. The third-order valence-corrected chi connectivity index (χ3v) is 4.51. The zero-order chi connectivity index (χ0) is 12.3. The molecule has 1 fully saturated rings. The van der Waals surface area contributed by atoms with Crippen molar-refractivity contribution in [3.8, 4) is 0 Å². The van der Waals surface area contributed by atoms with Crippen LogP contribution in [0.25, 0.3) is 0 Å². The van der Waals surface area contributed by atoms with E-state index in [1.54, 1.807) is 0 Å². The van der Waals surface area contributed by atoms with Crippen molar-refractivity contribution in [1.82, 2.24) is 9.78 Å². The molecule has 0 spiro atoms. The van der Waals surface area contributed by atoms with Gasteiger partial charge < -0.3 is 5.73 Å². The van der Waals surface area contributed by atoms with Crippen LogP contribution in [0, 0.1) is 5.92 Å². The lowest BCUT2D eigenvalue weighted by atomic mass is 9.85. The normalized spacial score (nSPS) is 19.5. The summed E-state index contributed by atoms with van der Waals surface area (Å²) < 4.78 is 2.92. The Bertz CT molecular complexity index is 336. The molecule has 1 saturated carbocycles. The van der Waals surface area contributed by atoms with E-state index in [9.17, 15) is 0 Å². The third kappa shape index (κ3) is 3.32. The number of hydrogen-bond acceptors (Lipinski definition) is 2. The second-order valence-corrected chi connectivity index (χ2v) is 6.04. The number of nitrogens with zero attached hydrogens (tertiary/aromatic N) is 2. The van der Waals surface area contributed by atoms with E-state index in [1.807, 2.05) is 17.9 Å². The van der Waals surface area contributed by atoms with Crippen molar-refractivity contribution in [3.63, 3.8) is 0 Å². The van der Waals surface area contributed by atoms with Crippen molar-refractivity contribution >= 4 is 15.9 Å². The minimum atomic E-state index is 0.110. The van der Waals surface area contributed by atoms with Crippen molar-refractivity contribution in [2.24, 2.45) is 18.7 Å². The van der Waals surface area contributed by atoms with Crippen LogP contribution < -0.4 is 5.73 Å². The van der Waals surface area contributed by atoms with Crippen LogP contribution in [-0.2, 0) is 7.05 Å². The average molecular weight is 300 g/mol. The Balaban J connectivity index is 1.86. The van der Waals surface area contributed by atoms with E-state index in [0.717, 1.165) is 22.5 Å². The van der Waals surface area contributed by atoms with Gasteiger partial charge in [-0.15, -0.1) is 0 Å². The molecule has 96 valence electrons. The molecule has 2 N–H and O–H groups in total. The molecule has 0 saturated heterocycles.